The number of benzene rings is 3. The smallest absolute Gasteiger partial charge is 0.0461 e. The lowest BCUT2D eigenvalue weighted by atomic mass is 9.97. The summed E-state index contributed by atoms with van der Waals surface area (Å²) in [7, 11) is 0. The average molecular weight is 444 g/mol. The zero-order valence-corrected chi connectivity index (χ0v) is 19.2. The molecule has 1 N–H and O–H groups in total. The van der Waals surface area contributed by atoms with Crippen LogP contribution in [0.1, 0.15) is 30.2 Å². The molecule has 1 nitrogen and oxygen atoms in total. The number of hydrogen-bond acceptors (Lipinski definition) is 2. The van der Waals surface area contributed by atoms with Crippen LogP contribution in [0.4, 0.5) is 0 Å². The van der Waals surface area contributed by atoms with Gasteiger partial charge in [-0.25, -0.2) is 0 Å². The summed E-state index contributed by atoms with van der Waals surface area (Å²) in [4.78, 5) is 0. The molecule has 0 aliphatic heterocycles. The van der Waals surface area contributed by atoms with Gasteiger partial charge in [0.05, 0.1) is 0 Å². The normalized spacial score (nSPS) is 13.2. The SMILES string of the molecule is CCNCC(C)C(SCc1ccc(Cl)cc1Cl)c1ccc(-c2ccccc2)cc1. The van der Waals surface area contributed by atoms with Crippen LogP contribution in [0.2, 0.25) is 10.0 Å². The van der Waals surface area contributed by atoms with Crippen molar-refractivity contribution in [3.8, 4) is 11.1 Å². The Morgan fingerprint density at radius 1 is 0.897 bits per heavy atom. The molecule has 0 aromatic heterocycles. The van der Waals surface area contributed by atoms with Gasteiger partial charge in [0.2, 0.25) is 0 Å². The first-order valence-electron chi connectivity index (χ1n) is 10.00. The first-order valence-corrected chi connectivity index (χ1v) is 11.8. The Morgan fingerprint density at radius 2 is 1.59 bits per heavy atom. The van der Waals surface area contributed by atoms with Crippen LogP contribution in [0.25, 0.3) is 11.1 Å². The van der Waals surface area contributed by atoms with Crippen LogP contribution in [0.15, 0.2) is 72.8 Å². The van der Waals surface area contributed by atoms with E-state index in [1.165, 1.54) is 16.7 Å². The van der Waals surface area contributed by atoms with Crippen LogP contribution >= 0.6 is 35.0 Å². The summed E-state index contributed by atoms with van der Waals surface area (Å²) in [6.45, 7) is 6.44. The highest BCUT2D eigenvalue weighted by atomic mass is 35.5. The molecule has 4 heteroatoms. The predicted molar refractivity (Wildman–Crippen MR) is 130 cm³/mol. The fourth-order valence-corrected chi connectivity index (χ4v) is 5.32. The highest BCUT2D eigenvalue weighted by Crippen LogP contribution is 2.39. The molecule has 0 saturated carbocycles. The Kier molecular flexibility index (Phi) is 8.50. The van der Waals surface area contributed by atoms with E-state index in [0.29, 0.717) is 16.2 Å². The fourth-order valence-electron chi connectivity index (χ4n) is 3.38. The van der Waals surface area contributed by atoms with Crippen LogP contribution in [0, 0.1) is 5.92 Å². The highest BCUT2D eigenvalue weighted by Gasteiger charge is 2.20. The summed E-state index contributed by atoms with van der Waals surface area (Å²) in [5.74, 6) is 1.35. The van der Waals surface area contributed by atoms with Crippen LogP contribution < -0.4 is 5.32 Å². The Labute approximate surface area is 188 Å². The monoisotopic (exact) mass is 443 g/mol. The molecule has 0 spiro atoms. The van der Waals surface area contributed by atoms with Gasteiger partial charge in [0.25, 0.3) is 0 Å². The van der Waals surface area contributed by atoms with E-state index in [4.69, 9.17) is 23.2 Å². The van der Waals surface area contributed by atoms with E-state index in [2.05, 4.69) is 73.8 Å². The molecule has 29 heavy (non-hydrogen) atoms. The lowest BCUT2D eigenvalue weighted by Gasteiger charge is -2.25. The summed E-state index contributed by atoms with van der Waals surface area (Å²) >= 11 is 14.4. The van der Waals surface area contributed by atoms with Crippen molar-refractivity contribution in [1.82, 2.24) is 5.32 Å². The summed E-state index contributed by atoms with van der Waals surface area (Å²) in [5, 5.41) is 5.29. The van der Waals surface area contributed by atoms with E-state index < -0.39 is 0 Å². The summed E-state index contributed by atoms with van der Waals surface area (Å²) in [6.07, 6.45) is 0. The third kappa shape index (κ3) is 6.26. The van der Waals surface area contributed by atoms with Gasteiger partial charge in [0.1, 0.15) is 0 Å². The molecule has 0 aliphatic rings. The van der Waals surface area contributed by atoms with Gasteiger partial charge in [0, 0.05) is 21.0 Å². The Bertz CT molecular complexity index is 896. The van der Waals surface area contributed by atoms with Crippen LogP contribution in [-0.2, 0) is 5.75 Å². The van der Waals surface area contributed by atoms with Crippen molar-refractivity contribution < 1.29 is 0 Å². The molecule has 0 amide bonds. The molecule has 152 valence electrons. The van der Waals surface area contributed by atoms with Crippen molar-refractivity contribution in [3.05, 3.63) is 94.0 Å². The maximum Gasteiger partial charge on any atom is 0.0461 e. The van der Waals surface area contributed by atoms with E-state index in [1.807, 2.05) is 30.0 Å². The van der Waals surface area contributed by atoms with Gasteiger partial charge >= 0.3 is 0 Å². The Morgan fingerprint density at radius 3 is 2.24 bits per heavy atom. The van der Waals surface area contributed by atoms with Crippen molar-refractivity contribution in [2.24, 2.45) is 5.92 Å². The maximum absolute atomic E-state index is 6.40. The highest BCUT2D eigenvalue weighted by molar-refractivity contribution is 7.98. The van der Waals surface area contributed by atoms with Crippen molar-refractivity contribution >= 4 is 35.0 Å². The molecular formula is C25H27Cl2NS. The minimum absolute atomic E-state index is 0.380. The molecule has 3 aromatic rings. The van der Waals surface area contributed by atoms with E-state index in [1.54, 1.807) is 0 Å². The third-order valence-corrected chi connectivity index (χ3v) is 7.17. The molecule has 2 unspecified atom stereocenters. The molecule has 0 fully saturated rings. The quantitative estimate of drug-likeness (QED) is 0.360. The second kappa shape index (κ2) is 11.1. The number of halogens is 2. The minimum Gasteiger partial charge on any atom is -0.317 e. The maximum atomic E-state index is 6.40. The lowest BCUT2D eigenvalue weighted by Crippen LogP contribution is -2.24. The van der Waals surface area contributed by atoms with Gasteiger partial charge in [-0.3, -0.25) is 0 Å². The van der Waals surface area contributed by atoms with Crippen LogP contribution in [0.5, 0.6) is 0 Å². The molecule has 0 heterocycles. The Hall–Kier alpha value is -1.45. The van der Waals surface area contributed by atoms with Gasteiger partial charge in [0.15, 0.2) is 0 Å². The summed E-state index contributed by atoms with van der Waals surface area (Å²) in [6, 6.07) is 25.3. The number of hydrogen-bond donors (Lipinski definition) is 1. The van der Waals surface area contributed by atoms with Crippen molar-refractivity contribution in [3.63, 3.8) is 0 Å². The number of nitrogens with one attached hydrogen (secondary N) is 1. The largest absolute Gasteiger partial charge is 0.317 e. The third-order valence-electron chi connectivity index (χ3n) is 5.01. The Balaban J connectivity index is 1.79. The number of rotatable bonds is 9. The first kappa shape index (κ1) is 22.2. The zero-order chi connectivity index (χ0) is 20.6. The van der Waals surface area contributed by atoms with E-state index in [0.717, 1.165) is 29.4 Å². The molecule has 0 bridgehead atoms. The second-order valence-corrected chi connectivity index (χ2v) is 9.21. The van der Waals surface area contributed by atoms with Crippen molar-refractivity contribution in [2.45, 2.75) is 24.9 Å². The van der Waals surface area contributed by atoms with Crippen molar-refractivity contribution in [1.29, 1.82) is 0 Å². The molecule has 2 atom stereocenters. The molecule has 3 rings (SSSR count). The van der Waals surface area contributed by atoms with Crippen LogP contribution in [0.3, 0.4) is 0 Å². The second-order valence-electron chi connectivity index (χ2n) is 7.24. The molecule has 0 aliphatic carbocycles. The minimum atomic E-state index is 0.380. The van der Waals surface area contributed by atoms with Gasteiger partial charge < -0.3 is 5.32 Å². The van der Waals surface area contributed by atoms with E-state index >= 15 is 0 Å². The van der Waals surface area contributed by atoms with Crippen LogP contribution in [-0.4, -0.2) is 13.1 Å². The molecular weight excluding hydrogens is 417 g/mol. The van der Waals surface area contributed by atoms with E-state index in [-0.39, 0.29) is 0 Å². The summed E-state index contributed by atoms with van der Waals surface area (Å²) < 4.78 is 0. The van der Waals surface area contributed by atoms with E-state index in [9.17, 15) is 0 Å². The van der Waals surface area contributed by atoms with Crippen molar-refractivity contribution in [2.75, 3.05) is 13.1 Å². The van der Waals surface area contributed by atoms with Gasteiger partial charge in [-0.2, -0.15) is 0 Å². The predicted octanol–water partition coefficient (Wildman–Crippen LogP) is 7.88. The standard InChI is InChI=1S/C25H27Cl2NS/c1-3-28-16-18(2)25(29-17-22-13-14-23(26)15-24(22)27)21-11-9-20(10-12-21)19-7-5-4-6-8-19/h4-15,18,25,28H,3,16-17H2,1-2H3. The molecule has 0 saturated heterocycles. The van der Waals surface area contributed by atoms with Gasteiger partial charge in [-0.05, 0) is 53.4 Å². The zero-order valence-electron chi connectivity index (χ0n) is 16.9. The first-order chi connectivity index (χ1) is 14.1. The fraction of sp³-hybridized carbons (Fsp3) is 0.280. The number of thioether (sulfide) groups is 1. The molecule has 0 radical (unpaired) electrons. The van der Waals surface area contributed by atoms with Gasteiger partial charge in [-0.15, -0.1) is 11.8 Å². The molecule has 3 aromatic carbocycles. The van der Waals surface area contributed by atoms with Gasteiger partial charge in [-0.1, -0.05) is 97.7 Å². The summed E-state index contributed by atoms with van der Waals surface area (Å²) in [5.41, 5.74) is 4.97. The average Bonchev–Trinajstić information content (AvgIpc) is 2.75. The topological polar surface area (TPSA) is 12.0 Å². The lowest BCUT2D eigenvalue weighted by molar-refractivity contribution is 0.513.